The molecule has 4 N–H and O–H groups in total. The largest absolute Gasteiger partial charge is 0.497 e. The van der Waals surface area contributed by atoms with E-state index in [1.807, 2.05) is 0 Å². The van der Waals surface area contributed by atoms with Crippen molar-refractivity contribution in [2.24, 2.45) is 0 Å². The highest BCUT2D eigenvalue weighted by Gasteiger charge is 2.17. The molecule has 0 bridgehead atoms. The van der Waals surface area contributed by atoms with Crippen molar-refractivity contribution in [2.45, 2.75) is 0 Å². The Morgan fingerprint density at radius 2 is 1.92 bits per heavy atom. The molecule has 0 spiro atoms. The van der Waals surface area contributed by atoms with Crippen LogP contribution in [0.1, 0.15) is 10.4 Å². The number of nitrogens with one attached hydrogen (secondary N) is 2. The number of rotatable bonds is 5. The van der Waals surface area contributed by atoms with Gasteiger partial charge in [-0.05, 0) is 6.07 Å². The summed E-state index contributed by atoms with van der Waals surface area (Å²) in [6, 6.07) is 4.37. The Balaban J connectivity index is 2.35. The molecule has 0 saturated carbocycles. The number of ether oxygens (including phenoxy) is 1. The summed E-state index contributed by atoms with van der Waals surface area (Å²) in [7, 11) is -2.08. The van der Waals surface area contributed by atoms with Gasteiger partial charge in [-0.25, -0.2) is 18.4 Å². The zero-order valence-electron chi connectivity index (χ0n) is 12.7. The van der Waals surface area contributed by atoms with Crippen LogP contribution in [0, 0.1) is 0 Å². The summed E-state index contributed by atoms with van der Waals surface area (Å²) in [4.78, 5) is 19.7. The molecule has 1 aromatic heterocycles. The predicted octanol–water partition coefficient (Wildman–Crippen LogP) is 1.34. The highest BCUT2D eigenvalue weighted by Crippen LogP contribution is 2.26. The monoisotopic (exact) mass is 371 g/mol. The van der Waals surface area contributed by atoms with Crippen molar-refractivity contribution in [1.82, 2.24) is 9.97 Å². The van der Waals surface area contributed by atoms with E-state index in [4.69, 9.17) is 22.1 Å². The third-order valence-electron chi connectivity index (χ3n) is 2.76. The number of carbonyl (C=O) groups is 1. The van der Waals surface area contributed by atoms with Crippen molar-refractivity contribution in [1.29, 1.82) is 0 Å². The van der Waals surface area contributed by atoms with Crippen LogP contribution in [0.4, 0.5) is 17.2 Å². The molecule has 0 aliphatic heterocycles. The van der Waals surface area contributed by atoms with Crippen LogP contribution in [-0.4, -0.2) is 37.7 Å². The van der Waals surface area contributed by atoms with Gasteiger partial charge in [0.1, 0.15) is 28.6 Å². The molecule has 1 heterocycles. The number of carbonyl (C=O) groups excluding carboxylic acids is 1. The summed E-state index contributed by atoms with van der Waals surface area (Å²) in [5.74, 6) is -0.385. The molecule has 1 aromatic carbocycles. The molecule has 0 radical (unpaired) electrons. The topological polar surface area (TPSA) is 136 Å². The number of nitrogen functional groups attached to an aromatic ring is 1. The van der Waals surface area contributed by atoms with Crippen LogP contribution in [-0.2, 0) is 10.0 Å². The number of nitrogens with zero attached hydrogens (tertiary/aromatic N) is 2. The lowest BCUT2D eigenvalue weighted by atomic mass is 10.2. The average Bonchev–Trinajstić information content (AvgIpc) is 2.44. The molecule has 0 aliphatic rings. The van der Waals surface area contributed by atoms with Gasteiger partial charge in [0.05, 0.1) is 19.1 Å². The summed E-state index contributed by atoms with van der Waals surface area (Å²) in [5, 5.41) is 2.44. The highest BCUT2D eigenvalue weighted by molar-refractivity contribution is 7.92. The Morgan fingerprint density at radius 1 is 1.25 bits per heavy atom. The van der Waals surface area contributed by atoms with Crippen molar-refractivity contribution in [3.05, 3.63) is 35.2 Å². The molecule has 128 valence electrons. The predicted molar refractivity (Wildman–Crippen MR) is 90.9 cm³/mol. The molecular weight excluding hydrogens is 358 g/mol. The number of aromatic nitrogens is 2. The second-order valence-corrected chi connectivity index (χ2v) is 6.81. The Hall–Kier alpha value is -2.59. The van der Waals surface area contributed by atoms with Crippen LogP contribution >= 0.6 is 11.6 Å². The average molecular weight is 372 g/mol. The SMILES string of the molecule is COc1cc(NC(=O)c2c(N)ncnc2Cl)cc(NS(C)(=O)=O)c1. The van der Waals surface area contributed by atoms with Gasteiger partial charge in [-0.15, -0.1) is 0 Å². The van der Waals surface area contributed by atoms with E-state index in [0.717, 1.165) is 12.6 Å². The number of sulfonamides is 1. The number of hydrogen-bond acceptors (Lipinski definition) is 7. The van der Waals surface area contributed by atoms with Gasteiger partial charge in [0, 0.05) is 17.8 Å². The van der Waals surface area contributed by atoms with Crippen LogP contribution in [0.5, 0.6) is 5.75 Å². The van der Waals surface area contributed by atoms with Gasteiger partial charge in [0.25, 0.3) is 5.91 Å². The van der Waals surface area contributed by atoms with E-state index < -0.39 is 15.9 Å². The van der Waals surface area contributed by atoms with Crippen LogP contribution in [0.25, 0.3) is 0 Å². The lowest BCUT2D eigenvalue weighted by Gasteiger charge is -2.12. The van der Waals surface area contributed by atoms with Gasteiger partial charge in [-0.2, -0.15) is 0 Å². The minimum absolute atomic E-state index is 0.0788. The molecule has 0 unspecified atom stereocenters. The van der Waals surface area contributed by atoms with Crippen LogP contribution < -0.4 is 20.5 Å². The summed E-state index contributed by atoms with van der Waals surface area (Å²) in [6.07, 6.45) is 2.14. The van der Waals surface area contributed by atoms with Gasteiger partial charge < -0.3 is 15.8 Å². The fraction of sp³-hybridized carbons (Fsp3) is 0.154. The van der Waals surface area contributed by atoms with Crippen LogP contribution in [0.3, 0.4) is 0 Å². The number of nitrogens with two attached hydrogens (primary N) is 1. The fourth-order valence-corrected chi connectivity index (χ4v) is 2.61. The van der Waals surface area contributed by atoms with E-state index in [-0.39, 0.29) is 27.9 Å². The molecule has 0 fully saturated rings. The Morgan fingerprint density at radius 3 is 2.50 bits per heavy atom. The van der Waals surface area contributed by atoms with E-state index in [2.05, 4.69) is 20.0 Å². The van der Waals surface area contributed by atoms with Crippen LogP contribution in [0.2, 0.25) is 5.15 Å². The van der Waals surface area contributed by atoms with Crippen LogP contribution in [0.15, 0.2) is 24.5 Å². The second kappa shape index (κ2) is 6.89. The maximum Gasteiger partial charge on any atom is 0.262 e. The maximum absolute atomic E-state index is 12.3. The number of benzene rings is 1. The summed E-state index contributed by atoms with van der Waals surface area (Å²) < 4.78 is 30.1. The summed E-state index contributed by atoms with van der Waals surface area (Å²) in [6.45, 7) is 0. The fourth-order valence-electron chi connectivity index (χ4n) is 1.84. The highest BCUT2D eigenvalue weighted by atomic mass is 35.5. The standard InChI is InChI=1S/C13H14ClN5O4S/c1-23-9-4-7(3-8(5-9)19-24(2,21)22)18-13(20)10-11(14)16-6-17-12(10)15/h3-6,19H,1-2H3,(H,18,20)(H2,15,16,17). The smallest absolute Gasteiger partial charge is 0.262 e. The molecule has 9 nitrogen and oxygen atoms in total. The van der Waals surface area contributed by atoms with Gasteiger partial charge >= 0.3 is 0 Å². The van der Waals surface area contributed by atoms with Gasteiger partial charge in [0.2, 0.25) is 10.0 Å². The first-order valence-electron chi connectivity index (χ1n) is 6.44. The molecule has 24 heavy (non-hydrogen) atoms. The van der Waals surface area contributed by atoms with Gasteiger partial charge in [-0.1, -0.05) is 11.6 Å². The lowest BCUT2D eigenvalue weighted by Crippen LogP contribution is -2.16. The zero-order valence-corrected chi connectivity index (χ0v) is 14.3. The third-order valence-corrected chi connectivity index (χ3v) is 3.65. The van der Waals surface area contributed by atoms with E-state index in [9.17, 15) is 13.2 Å². The van der Waals surface area contributed by atoms with Crippen molar-refractivity contribution >= 4 is 44.7 Å². The maximum atomic E-state index is 12.3. The molecule has 2 rings (SSSR count). The van der Waals surface area contributed by atoms with Crippen molar-refractivity contribution in [3.63, 3.8) is 0 Å². The van der Waals surface area contributed by atoms with Gasteiger partial charge in [-0.3, -0.25) is 9.52 Å². The first kappa shape index (κ1) is 17.8. The summed E-state index contributed by atoms with van der Waals surface area (Å²) >= 11 is 5.86. The Kier molecular flexibility index (Phi) is 5.10. The number of methoxy groups -OCH3 is 1. The van der Waals surface area contributed by atoms with E-state index in [1.165, 1.54) is 25.3 Å². The van der Waals surface area contributed by atoms with Crippen molar-refractivity contribution in [2.75, 3.05) is 29.1 Å². The molecule has 1 amide bonds. The number of amides is 1. The zero-order chi connectivity index (χ0) is 17.9. The molecule has 0 saturated heterocycles. The molecular formula is C13H14ClN5O4S. The Bertz CT molecular complexity index is 868. The molecule has 2 aromatic rings. The first-order chi connectivity index (χ1) is 11.2. The van der Waals surface area contributed by atoms with Crippen molar-refractivity contribution < 1.29 is 17.9 Å². The quantitative estimate of drug-likeness (QED) is 0.674. The Labute approximate surface area is 143 Å². The normalized spacial score (nSPS) is 11.0. The number of anilines is 3. The molecule has 0 aliphatic carbocycles. The van der Waals surface area contributed by atoms with E-state index in [0.29, 0.717) is 5.75 Å². The lowest BCUT2D eigenvalue weighted by molar-refractivity contribution is 0.102. The van der Waals surface area contributed by atoms with Gasteiger partial charge in [0.15, 0.2) is 0 Å². The minimum atomic E-state index is -3.49. The molecule has 0 atom stereocenters. The summed E-state index contributed by atoms with van der Waals surface area (Å²) in [5.41, 5.74) is 6.04. The second-order valence-electron chi connectivity index (χ2n) is 4.70. The van der Waals surface area contributed by atoms with Crippen molar-refractivity contribution in [3.8, 4) is 5.75 Å². The van der Waals surface area contributed by atoms with E-state index in [1.54, 1.807) is 0 Å². The third kappa shape index (κ3) is 4.46. The minimum Gasteiger partial charge on any atom is -0.497 e. The van der Waals surface area contributed by atoms with E-state index >= 15 is 0 Å². The number of halogens is 1. The number of hydrogen-bond donors (Lipinski definition) is 3. The first-order valence-corrected chi connectivity index (χ1v) is 8.70. The molecule has 11 heteroatoms.